The van der Waals surface area contributed by atoms with Gasteiger partial charge in [0.2, 0.25) is 0 Å². The quantitative estimate of drug-likeness (QED) is 0.423. The first-order valence-corrected chi connectivity index (χ1v) is 11.9. The van der Waals surface area contributed by atoms with E-state index in [4.69, 9.17) is 0 Å². The van der Waals surface area contributed by atoms with Gasteiger partial charge in [0.05, 0.1) is 15.6 Å². The highest BCUT2D eigenvalue weighted by Gasteiger charge is 2.37. The van der Waals surface area contributed by atoms with Crippen LogP contribution in [-0.4, -0.2) is 45.6 Å². The van der Waals surface area contributed by atoms with E-state index in [1.54, 1.807) is 49.4 Å². The van der Waals surface area contributed by atoms with Crippen molar-refractivity contribution in [2.24, 2.45) is 0 Å². The second-order valence-electron chi connectivity index (χ2n) is 8.82. The third kappa shape index (κ3) is 5.26. The van der Waals surface area contributed by atoms with Crippen LogP contribution in [0.25, 0.3) is 10.4 Å². The molecule has 0 radical (unpaired) electrons. The number of aromatic nitrogens is 1. The van der Waals surface area contributed by atoms with Gasteiger partial charge in [-0.1, -0.05) is 24.3 Å². The lowest BCUT2D eigenvalue weighted by atomic mass is 9.92. The van der Waals surface area contributed by atoms with Gasteiger partial charge in [0.25, 0.3) is 0 Å². The number of carbonyl (C=O) groups is 2. The fraction of sp³-hybridized carbons (Fsp3) is 0.320. The summed E-state index contributed by atoms with van der Waals surface area (Å²) in [6, 6.07) is 12.9. The molecule has 0 atom stereocenters. The Hall–Kier alpha value is -3.30. The van der Waals surface area contributed by atoms with Crippen LogP contribution in [-0.2, 0) is 4.79 Å². The number of nitrogens with zero attached hydrogens (tertiary/aromatic N) is 2. The van der Waals surface area contributed by atoms with Gasteiger partial charge in [0.1, 0.15) is 11.4 Å². The molecule has 1 aromatic heterocycles. The Bertz CT molecular complexity index is 1170. The van der Waals surface area contributed by atoms with Gasteiger partial charge in [-0.15, -0.1) is 11.3 Å². The van der Waals surface area contributed by atoms with Crippen molar-refractivity contribution in [3.63, 3.8) is 0 Å². The number of likely N-dealkylation sites (tertiary alicyclic amines) is 1. The Labute approximate surface area is 201 Å². The van der Waals surface area contributed by atoms with Crippen molar-refractivity contribution in [3.8, 4) is 10.4 Å². The molecular formula is C25H27FN4O3S. The van der Waals surface area contributed by atoms with Crippen molar-refractivity contribution in [2.75, 3.05) is 23.7 Å². The van der Waals surface area contributed by atoms with Gasteiger partial charge in [-0.3, -0.25) is 9.69 Å². The van der Waals surface area contributed by atoms with Gasteiger partial charge in [0.15, 0.2) is 0 Å². The number of carbonyl (C=O) groups excluding carboxylic acids is 1. The molecule has 2 amide bonds. The largest absolute Gasteiger partial charge is 0.480 e. The molecule has 1 aliphatic heterocycles. The normalized spacial score (nSPS) is 15.1. The number of carboxylic acid groups (broad SMARTS) is 1. The zero-order valence-corrected chi connectivity index (χ0v) is 19.9. The van der Waals surface area contributed by atoms with Gasteiger partial charge in [-0.2, -0.15) is 0 Å². The molecule has 0 unspecified atom stereocenters. The number of urea groups is 1. The zero-order valence-electron chi connectivity index (χ0n) is 19.0. The lowest BCUT2D eigenvalue weighted by Gasteiger charge is -2.39. The first-order valence-electron chi connectivity index (χ1n) is 11.1. The van der Waals surface area contributed by atoms with E-state index >= 15 is 0 Å². The summed E-state index contributed by atoms with van der Waals surface area (Å²) in [5.74, 6) is -0.974. The summed E-state index contributed by atoms with van der Waals surface area (Å²) >= 11 is 1.64. The van der Waals surface area contributed by atoms with Crippen LogP contribution in [0, 0.1) is 5.82 Å². The van der Waals surface area contributed by atoms with E-state index in [0.717, 1.165) is 41.4 Å². The number of piperidine rings is 1. The van der Waals surface area contributed by atoms with Crippen LogP contribution in [0.1, 0.15) is 37.6 Å². The summed E-state index contributed by atoms with van der Waals surface area (Å²) in [5.41, 5.74) is 0.844. The summed E-state index contributed by atoms with van der Waals surface area (Å²) < 4.78 is 13.7. The van der Waals surface area contributed by atoms with Crippen molar-refractivity contribution in [2.45, 2.75) is 38.1 Å². The molecule has 9 heteroatoms. The number of para-hydroxylation sites is 1. The fourth-order valence-electron chi connectivity index (χ4n) is 4.00. The number of amides is 2. The molecule has 1 saturated heterocycles. The highest BCUT2D eigenvalue weighted by molar-refractivity contribution is 7.15. The molecule has 2 aromatic carbocycles. The molecule has 4 rings (SSSR count). The Morgan fingerprint density at radius 1 is 1.09 bits per heavy atom. The lowest BCUT2D eigenvalue weighted by molar-refractivity contribution is -0.150. The van der Waals surface area contributed by atoms with Crippen LogP contribution in [0.5, 0.6) is 0 Å². The summed E-state index contributed by atoms with van der Waals surface area (Å²) in [7, 11) is 0. The molecular weight excluding hydrogens is 455 g/mol. The predicted octanol–water partition coefficient (Wildman–Crippen LogP) is 5.64. The molecule has 0 aliphatic carbocycles. The summed E-state index contributed by atoms with van der Waals surface area (Å²) in [5, 5.41) is 15.7. The van der Waals surface area contributed by atoms with Crippen LogP contribution in [0.4, 0.5) is 20.6 Å². The van der Waals surface area contributed by atoms with Gasteiger partial charge in [-0.25, -0.2) is 14.2 Å². The lowest BCUT2D eigenvalue weighted by Crippen LogP contribution is -2.52. The number of rotatable bonds is 6. The molecule has 3 N–H and O–H groups in total. The highest BCUT2D eigenvalue weighted by atomic mass is 32.1. The molecule has 178 valence electrons. The van der Waals surface area contributed by atoms with Gasteiger partial charge in [0, 0.05) is 17.8 Å². The summed E-state index contributed by atoms with van der Waals surface area (Å²) in [6.45, 7) is 4.96. The topological polar surface area (TPSA) is 94.6 Å². The fourth-order valence-corrected chi connectivity index (χ4v) is 5.09. The highest BCUT2D eigenvalue weighted by Crippen LogP contribution is 2.36. The first-order chi connectivity index (χ1) is 16.2. The first kappa shape index (κ1) is 23.8. The third-order valence-corrected chi connectivity index (χ3v) is 7.44. The van der Waals surface area contributed by atoms with E-state index in [9.17, 15) is 19.1 Å². The van der Waals surface area contributed by atoms with Crippen molar-refractivity contribution in [3.05, 3.63) is 65.6 Å². The molecule has 2 heterocycles. The van der Waals surface area contributed by atoms with Crippen molar-refractivity contribution in [1.82, 2.24) is 9.88 Å². The predicted molar refractivity (Wildman–Crippen MR) is 132 cm³/mol. The Kier molecular flexibility index (Phi) is 6.95. The number of nitrogens with one attached hydrogen (secondary N) is 2. The minimum atomic E-state index is -0.860. The molecule has 0 spiro atoms. The van der Waals surface area contributed by atoms with Gasteiger partial charge in [-0.05, 0) is 69.6 Å². The standard InChI is InChI=1S/C25H27FN4O3S/c1-25(2,23(31)32)30-13-11-17(12-14-30)22-27-15-21(34-22)16-7-9-18(10-8-16)28-24(33)29-20-6-4-3-5-19(20)26/h3-10,15,17H,11-14H2,1-2H3,(H,31,32)(H2,28,29,33). The van der Waals surface area contributed by atoms with E-state index in [1.807, 2.05) is 23.2 Å². The van der Waals surface area contributed by atoms with E-state index in [2.05, 4.69) is 15.6 Å². The third-order valence-electron chi connectivity index (χ3n) is 6.23. The molecule has 3 aromatic rings. The van der Waals surface area contributed by atoms with Crippen molar-refractivity contribution in [1.29, 1.82) is 0 Å². The van der Waals surface area contributed by atoms with Gasteiger partial charge < -0.3 is 15.7 Å². The number of hydrogen-bond acceptors (Lipinski definition) is 5. The number of thiazole rings is 1. The number of anilines is 2. The molecule has 34 heavy (non-hydrogen) atoms. The van der Waals surface area contributed by atoms with Crippen LogP contribution in [0.2, 0.25) is 0 Å². The number of hydrogen-bond donors (Lipinski definition) is 3. The number of benzene rings is 2. The number of carboxylic acids is 1. The van der Waals surface area contributed by atoms with E-state index in [1.165, 1.54) is 12.1 Å². The molecule has 1 aliphatic rings. The summed E-state index contributed by atoms with van der Waals surface area (Å²) in [4.78, 5) is 31.4. The SMILES string of the molecule is CC(C)(C(=O)O)N1CCC(c2ncc(-c3ccc(NC(=O)Nc4ccccc4F)cc3)s2)CC1. The monoisotopic (exact) mass is 482 g/mol. The maximum absolute atomic E-state index is 13.7. The molecule has 0 bridgehead atoms. The minimum absolute atomic E-state index is 0.117. The van der Waals surface area contributed by atoms with E-state index < -0.39 is 23.4 Å². The number of aliphatic carboxylic acids is 1. The Morgan fingerprint density at radius 3 is 2.41 bits per heavy atom. The van der Waals surface area contributed by atoms with Crippen LogP contribution < -0.4 is 10.6 Å². The number of halogens is 1. The average Bonchev–Trinajstić information content (AvgIpc) is 3.31. The zero-order chi connectivity index (χ0) is 24.3. The molecule has 7 nitrogen and oxygen atoms in total. The Morgan fingerprint density at radius 2 is 1.76 bits per heavy atom. The minimum Gasteiger partial charge on any atom is -0.480 e. The van der Waals surface area contributed by atoms with Crippen LogP contribution in [0.15, 0.2) is 54.7 Å². The van der Waals surface area contributed by atoms with E-state index in [-0.39, 0.29) is 5.69 Å². The molecule has 1 fully saturated rings. The van der Waals surface area contributed by atoms with Crippen LogP contribution in [0.3, 0.4) is 0 Å². The second kappa shape index (κ2) is 9.90. The molecule has 0 saturated carbocycles. The second-order valence-corrected chi connectivity index (χ2v) is 9.89. The van der Waals surface area contributed by atoms with Crippen molar-refractivity contribution < 1.29 is 19.1 Å². The van der Waals surface area contributed by atoms with E-state index in [0.29, 0.717) is 11.6 Å². The smallest absolute Gasteiger partial charge is 0.323 e. The maximum Gasteiger partial charge on any atom is 0.323 e. The van der Waals surface area contributed by atoms with Gasteiger partial charge >= 0.3 is 12.0 Å². The maximum atomic E-state index is 13.7. The summed E-state index contributed by atoms with van der Waals surface area (Å²) in [6.07, 6.45) is 3.62. The van der Waals surface area contributed by atoms with Crippen LogP contribution >= 0.6 is 11.3 Å². The Balaban J connectivity index is 1.35. The average molecular weight is 483 g/mol. The van der Waals surface area contributed by atoms with Crippen molar-refractivity contribution >= 4 is 34.7 Å².